The molecule has 0 atom stereocenters. The fraction of sp³-hybridized carbons (Fsp3) is 0.562. The van der Waals surface area contributed by atoms with Gasteiger partial charge in [-0.1, -0.05) is 43.7 Å². The summed E-state index contributed by atoms with van der Waals surface area (Å²) in [5.74, 6) is 0.237. The van der Waals surface area contributed by atoms with E-state index in [0.29, 0.717) is 0 Å². The van der Waals surface area contributed by atoms with Crippen LogP contribution in [0, 0.1) is 5.41 Å². The van der Waals surface area contributed by atoms with E-state index in [0.717, 1.165) is 38.9 Å². The maximum Gasteiger partial charge on any atom is 0.226 e. The molecule has 0 saturated heterocycles. The second kappa shape index (κ2) is 8.28. The monoisotopic (exact) mass is 296 g/mol. The number of halogens is 1. The highest BCUT2D eigenvalue weighted by Gasteiger charge is 2.43. The topological polar surface area (TPSA) is 41.1 Å². The smallest absolute Gasteiger partial charge is 0.226 e. The first-order valence-corrected chi connectivity index (χ1v) is 7.30. The molecular formula is C16H25ClN2O. The van der Waals surface area contributed by atoms with Crippen LogP contribution in [0.5, 0.6) is 0 Å². The lowest BCUT2D eigenvalue weighted by Crippen LogP contribution is -2.48. The van der Waals surface area contributed by atoms with E-state index in [-0.39, 0.29) is 23.7 Å². The summed E-state index contributed by atoms with van der Waals surface area (Å²) in [6, 6.07) is 10.3. The number of carbonyl (C=O) groups is 1. The van der Waals surface area contributed by atoms with Crippen molar-refractivity contribution in [3.63, 3.8) is 0 Å². The summed E-state index contributed by atoms with van der Waals surface area (Å²) < 4.78 is 0. The lowest BCUT2D eigenvalue weighted by molar-refractivity contribution is -0.135. The third-order valence-corrected chi connectivity index (χ3v) is 4.02. The summed E-state index contributed by atoms with van der Waals surface area (Å²) in [6.07, 6.45) is 4.10. The van der Waals surface area contributed by atoms with Crippen LogP contribution in [-0.4, -0.2) is 25.5 Å². The molecule has 2 rings (SSSR count). The zero-order valence-corrected chi connectivity index (χ0v) is 13.0. The third kappa shape index (κ3) is 4.22. The van der Waals surface area contributed by atoms with Gasteiger partial charge in [-0.25, -0.2) is 0 Å². The summed E-state index contributed by atoms with van der Waals surface area (Å²) in [6.45, 7) is 4.60. The second-order valence-corrected chi connectivity index (χ2v) is 5.41. The van der Waals surface area contributed by atoms with Gasteiger partial charge in [-0.15, -0.1) is 12.4 Å². The SMILES string of the molecule is CCNCCNC(=O)C1(Cc2ccccc2)CCC1.Cl. The van der Waals surface area contributed by atoms with E-state index in [4.69, 9.17) is 0 Å². The van der Waals surface area contributed by atoms with Gasteiger partial charge in [0.05, 0.1) is 5.41 Å². The molecule has 112 valence electrons. The van der Waals surface area contributed by atoms with Gasteiger partial charge in [0.15, 0.2) is 0 Å². The minimum absolute atomic E-state index is 0. The number of hydrogen-bond donors (Lipinski definition) is 2. The van der Waals surface area contributed by atoms with Crippen LogP contribution in [-0.2, 0) is 11.2 Å². The summed E-state index contributed by atoms with van der Waals surface area (Å²) in [5, 5.41) is 6.31. The molecule has 3 nitrogen and oxygen atoms in total. The maximum atomic E-state index is 12.4. The van der Waals surface area contributed by atoms with Crippen molar-refractivity contribution in [1.29, 1.82) is 0 Å². The zero-order valence-electron chi connectivity index (χ0n) is 12.2. The molecule has 0 heterocycles. The number of likely N-dealkylation sites (N-methyl/N-ethyl adjacent to an activating group) is 1. The number of benzene rings is 1. The Kier molecular flexibility index (Phi) is 7.03. The van der Waals surface area contributed by atoms with Crippen molar-refractivity contribution in [3.8, 4) is 0 Å². The van der Waals surface area contributed by atoms with E-state index < -0.39 is 0 Å². The minimum Gasteiger partial charge on any atom is -0.354 e. The predicted molar refractivity (Wildman–Crippen MR) is 85.2 cm³/mol. The van der Waals surface area contributed by atoms with Crippen LogP contribution in [0.25, 0.3) is 0 Å². The van der Waals surface area contributed by atoms with E-state index in [1.165, 1.54) is 12.0 Å². The van der Waals surface area contributed by atoms with Crippen molar-refractivity contribution >= 4 is 18.3 Å². The van der Waals surface area contributed by atoms with Gasteiger partial charge in [0.2, 0.25) is 5.91 Å². The Morgan fingerprint density at radius 1 is 1.20 bits per heavy atom. The van der Waals surface area contributed by atoms with Gasteiger partial charge in [0, 0.05) is 13.1 Å². The summed E-state index contributed by atoms with van der Waals surface area (Å²) in [4.78, 5) is 12.4. The molecule has 0 spiro atoms. The van der Waals surface area contributed by atoms with E-state index in [1.807, 2.05) is 18.2 Å². The minimum atomic E-state index is -0.145. The molecule has 0 aromatic heterocycles. The van der Waals surface area contributed by atoms with Crippen LogP contribution in [0.1, 0.15) is 31.7 Å². The summed E-state index contributed by atoms with van der Waals surface area (Å²) in [7, 11) is 0. The molecular weight excluding hydrogens is 272 g/mol. The Balaban J connectivity index is 0.00000200. The lowest BCUT2D eigenvalue weighted by atomic mass is 9.64. The number of rotatable bonds is 7. The number of nitrogens with one attached hydrogen (secondary N) is 2. The van der Waals surface area contributed by atoms with E-state index >= 15 is 0 Å². The Bertz CT molecular complexity index is 404. The third-order valence-electron chi connectivity index (χ3n) is 4.02. The van der Waals surface area contributed by atoms with Crippen LogP contribution in [0.3, 0.4) is 0 Å². The van der Waals surface area contributed by atoms with Gasteiger partial charge in [0.25, 0.3) is 0 Å². The summed E-state index contributed by atoms with van der Waals surface area (Å²) >= 11 is 0. The van der Waals surface area contributed by atoms with Crippen LogP contribution in [0.15, 0.2) is 30.3 Å². The summed E-state index contributed by atoms with van der Waals surface area (Å²) in [5.41, 5.74) is 1.12. The molecule has 1 saturated carbocycles. The first-order valence-electron chi connectivity index (χ1n) is 7.30. The highest BCUT2D eigenvalue weighted by molar-refractivity contribution is 5.85. The van der Waals surface area contributed by atoms with Crippen molar-refractivity contribution in [1.82, 2.24) is 10.6 Å². The molecule has 1 fully saturated rings. The fourth-order valence-corrected chi connectivity index (χ4v) is 2.70. The van der Waals surface area contributed by atoms with Crippen LogP contribution in [0.2, 0.25) is 0 Å². The molecule has 4 heteroatoms. The molecule has 1 aliphatic rings. The van der Waals surface area contributed by atoms with E-state index in [1.54, 1.807) is 0 Å². The Morgan fingerprint density at radius 3 is 2.45 bits per heavy atom. The molecule has 2 N–H and O–H groups in total. The fourth-order valence-electron chi connectivity index (χ4n) is 2.70. The van der Waals surface area contributed by atoms with Crippen molar-refractivity contribution in [2.45, 2.75) is 32.6 Å². The zero-order chi connectivity index (χ0) is 13.6. The molecule has 1 aromatic rings. The van der Waals surface area contributed by atoms with Gasteiger partial charge in [-0.3, -0.25) is 4.79 Å². The molecule has 1 aromatic carbocycles. The normalized spacial score (nSPS) is 15.8. The first-order chi connectivity index (χ1) is 9.27. The van der Waals surface area contributed by atoms with Gasteiger partial charge < -0.3 is 10.6 Å². The molecule has 0 aliphatic heterocycles. The maximum absolute atomic E-state index is 12.4. The number of carbonyl (C=O) groups excluding carboxylic acids is 1. The van der Waals surface area contributed by atoms with Gasteiger partial charge in [-0.2, -0.15) is 0 Å². The van der Waals surface area contributed by atoms with Gasteiger partial charge >= 0.3 is 0 Å². The molecule has 0 unspecified atom stereocenters. The van der Waals surface area contributed by atoms with Crippen molar-refractivity contribution in [2.75, 3.05) is 19.6 Å². The standard InChI is InChI=1S/C16H24N2O.ClH/c1-2-17-11-12-18-15(19)16(9-6-10-16)13-14-7-4-3-5-8-14;/h3-5,7-8,17H,2,6,9-13H2,1H3,(H,18,19);1H. The van der Waals surface area contributed by atoms with Crippen molar-refractivity contribution in [3.05, 3.63) is 35.9 Å². The number of hydrogen-bond acceptors (Lipinski definition) is 2. The lowest BCUT2D eigenvalue weighted by Gasteiger charge is -2.40. The Labute approximate surface area is 127 Å². The Hall–Kier alpha value is -1.06. The highest BCUT2D eigenvalue weighted by Crippen LogP contribution is 2.43. The molecule has 0 bridgehead atoms. The first kappa shape index (κ1) is 17.0. The molecule has 1 amide bonds. The average Bonchev–Trinajstić information content (AvgIpc) is 2.40. The largest absolute Gasteiger partial charge is 0.354 e. The molecule has 1 aliphatic carbocycles. The van der Waals surface area contributed by atoms with Crippen LogP contribution in [0.4, 0.5) is 0 Å². The van der Waals surface area contributed by atoms with Gasteiger partial charge in [-0.05, 0) is 31.4 Å². The van der Waals surface area contributed by atoms with E-state index in [9.17, 15) is 4.79 Å². The molecule has 20 heavy (non-hydrogen) atoms. The average molecular weight is 297 g/mol. The second-order valence-electron chi connectivity index (χ2n) is 5.41. The van der Waals surface area contributed by atoms with Crippen LogP contribution >= 0.6 is 12.4 Å². The van der Waals surface area contributed by atoms with Crippen molar-refractivity contribution in [2.24, 2.45) is 5.41 Å². The molecule has 0 radical (unpaired) electrons. The van der Waals surface area contributed by atoms with E-state index in [2.05, 4.69) is 29.7 Å². The van der Waals surface area contributed by atoms with Crippen LogP contribution < -0.4 is 10.6 Å². The number of amides is 1. The predicted octanol–water partition coefficient (Wildman–Crippen LogP) is 2.55. The van der Waals surface area contributed by atoms with Gasteiger partial charge in [0.1, 0.15) is 0 Å². The highest BCUT2D eigenvalue weighted by atomic mass is 35.5. The Morgan fingerprint density at radius 2 is 1.90 bits per heavy atom. The quantitative estimate of drug-likeness (QED) is 0.759. The van der Waals surface area contributed by atoms with Crippen molar-refractivity contribution < 1.29 is 4.79 Å².